The molecule has 3 nitrogen and oxygen atoms in total. The van der Waals surface area contributed by atoms with E-state index in [2.05, 4.69) is 18.2 Å². The van der Waals surface area contributed by atoms with E-state index in [1.807, 2.05) is 6.07 Å². The van der Waals surface area contributed by atoms with Crippen LogP contribution in [-0.2, 0) is 16.3 Å². The molecule has 0 fully saturated rings. The molecule has 4 heteroatoms. The normalized spacial score (nSPS) is 23.4. The summed E-state index contributed by atoms with van der Waals surface area (Å²) in [6.45, 7) is 3.50. The SMILES string of the molecule is CC(C)S(=O)(=O)CCC1CCCc2ccccc2C1N. The standard InChI is InChI=1S/C16H25NO2S/c1-12(2)20(18,19)11-10-14-8-5-7-13-6-3-4-9-15(13)16(14)17/h3-4,6,9,12,14,16H,5,7-8,10-11,17H2,1-2H3. The van der Waals surface area contributed by atoms with Crippen molar-refractivity contribution in [1.29, 1.82) is 0 Å². The maximum Gasteiger partial charge on any atom is 0.152 e. The molecule has 112 valence electrons. The summed E-state index contributed by atoms with van der Waals surface area (Å²) >= 11 is 0. The lowest BCUT2D eigenvalue weighted by molar-refractivity contribution is 0.392. The molecular weight excluding hydrogens is 270 g/mol. The summed E-state index contributed by atoms with van der Waals surface area (Å²) in [4.78, 5) is 0. The molecule has 0 saturated carbocycles. The largest absolute Gasteiger partial charge is 0.324 e. The topological polar surface area (TPSA) is 60.2 Å². The molecule has 0 spiro atoms. The first kappa shape index (κ1) is 15.5. The van der Waals surface area contributed by atoms with E-state index in [4.69, 9.17) is 5.73 Å². The van der Waals surface area contributed by atoms with Crippen molar-refractivity contribution < 1.29 is 8.42 Å². The molecule has 0 aromatic heterocycles. The zero-order valence-electron chi connectivity index (χ0n) is 12.4. The summed E-state index contributed by atoms with van der Waals surface area (Å²) < 4.78 is 23.9. The number of sulfone groups is 1. The second-order valence-corrected chi connectivity index (χ2v) is 8.76. The van der Waals surface area contributed by atoms with Gasteiger partial charge in [0.1, 0.15) is 0 Å². The molecule has 0 radical (unpaired) electrons. The maximum absolute atomic E-state index is 12.0. The van der Waals surface area contributed by atoms with Gasteiger partial charge in [0.2, 0.25) is 0 Å². The Balaban J connectivity index is 2.10. The Labute approximate surface area is 122 Å². The molecule has 0 heterocycles. The van der Waals surface area contributed by atoms with Crippen LogP contribution in [0.5, 0.6) is 0 Å². The molecule has 0 bridgehead atoms. The van der Waals surface area contributed by atoms with Crippen molar-refractivity contribution in [2.45, 2.75) is 50.8 Å². The monoisotopic (exact) mass is 295 g/mol. The first-order valence-electron chi connectivity index (χ1n) is 7.47. The zero-order chi connectivity index (χ0) is 14.8. The van der Waals surface area contributed by atoms with E-state index < -0.39 is 9.84 Å². The fourth-order valence-electron chi connectivity index (χ4n) is 2.95. The Morgan fingerprint density at radius 2 is 2.00 bits per heavy atom. The number of benzene rings is 1. The molecule has 1 aromatic carbocycles. The smallest absolute Gasteiger partial charge is 0.152 e. The minimum atomic E-state index is -2.97. The van der Waals surface area contributed by atoms with E-state index in [1.54, 1.807) is 13.8 Å². The summed E-state index contributed by atoms with van der Waals surface area (Å²) in [5, 5.41) is -0.295. The lowest BCUT2D eigenvalue weighted by atomic mass is 9.89. The summed E-state index contributed by atoms with van der Waals surface area (Å²) in [5.41, 5.74) is 8.93. The van der Waals surface area contributed by atoms with Crippen molar-refractivity contribution in [3.8, 4) is 0 Å². The van der Waals surface area contributed by atoms with Crippen molar-refractivity contribution in [2.24, 2.45) is 11.7 Å². The second kappa shape index (κ2) is 6.27. The number of nitrogens with two attached hydrogens (primary N) is 1. The number of hydrogen-bond acceptors (Lipinski definition) is 3. The van der Waals surface area contributed by atoms with Gasteiger partial charge in [-0.05, 0) is 56.6 Å². The molecule has 0 amide bonds. The number of hydrogen-bond donors (Lipinski definition) is 1. The molecule has 20 heavy (non-hydrogen) atoms. The van der Waals surface area contributed by atoms with Crippen LogP contribution in [0.2, 0.25) is 0 Å². The van der Waals surface area contributed by atoms with E-state index in [9.17, 15) is 8.42 Å². The van der Waals surface area contributed by atoms with Crippen LogP contribution in [0.4, 0.5) is 0 Å². The molecule has 1 aliphatic rings. The Kier molecular flexibility index (Phi) is 4.86. The quantitative estimate of drug-likeness (QED) is 0.869. The third-order valence-corrected chi connectivity index (χ3v) is 6.68. The Hall–Kier alpha value is -0.870. The van der Waals surface area contributed by atoms with E-state index in [1.165, 1.54) is 11.1 Å². The lowest BCUT2D eigenvalue weighted by Crippen LogP contribution is -2.25. The Morgan fingerprint density at radius 1 is 1.30 bits per heavy atom. The van der Waals surface area contributed by atoms with E-state index in [0.717, 1.165) is 19.3 Å². The minimum absolute atomic E-state index is 0.0314. The predicted octanol–water partition coefficient (Wildman–Crippen LogP) is 2.85. The molecule has 1 aromatic rings. The maximum atomic E-state index is 12.0. The van der Waals surface area contributed by atoms with Crippen LogP contribution in [0.25, 0.3) is 0 Å². The lowest BCUT2D eigenvalue weighted by Gasteiger charge is -2.23. The third-order valence-electron chi connectivity index (χ3n) is 4.43. The highest BCUT2D eigenvalue weighted by Crippen LogP contribution is 2.33. The zero-order valence-corrected chi connectivity index (χ0v) is 13.2. The average molecular weight is 295 g/mol. The van der Waals surface area contributed by atoms with Crippen LogP contribution < -0.4 is 5.73 Å². The highest BCUT2D eigenvalue weighted by molar-refractivity contribution is 7.91. The van der Waals surface area contributed by atoms with Gasteiger partial charge in [0.05, 0.1) is 11.0 Å². The first-order valence-corrected chi connectivity index (χ1v) is 9.18. The van der Waals surface area contributed by atoms with Gasteiger partial charge < -0.3 is 5.73 Å². The van der Waals surface area contributed by atoms with Crippen LogP contribution >= 0.6 is 0 Å². The molecule has 2 rings (SSSR count). The van der Waals surface area contributed by atoms with Gasteiger partial charge in [-0.1, -0.05) is 24.3 Å². The predicted molar refractivity (Wildman–Crippen MR) is 83.3 cm³/mol. The van der Waals surface area contributed by atoms with Crippen LogP contribution in [0.1, 0.15) is 50.3 Å². The molecule has 1 aliphatic carbocycles. The summed E-state index contributed by atoms with van der Waals surface area (Å²) in [6.07, 6.45) is 3.84. The van der Waals surface area contributed by atoms with Gasteiger partial charge in [-0.3, -0.25) is 0 Å². The Morgan fingerprint density at radius 3 is 2.70 bits per heavy atom. The molecule has 2 unspecified atom stereocenters. The van der Waals surface area contributed by atoms with Gasteiger partial charge in [0, 0.05) is 6.04 Å². The van der Waals surface area contributed by atoms with Gasteiger partial charge in [-0.25, -0.2) is 8.42 Å². The van der Waals surface area contributed by atoms with Crippen LogP contribution in [0, 0.1) is 5.92 Å². The van der Waals surface area contributed by atoms with Crippen LogP contribution in [0.3, 0.4) is 0 Å². The van der Waals surface area contributed by atoms with Gasteiger partial charge >= 0.3 is 0 Å². The van der Waals surface area contributed by atoms with Gasteiger partial charge in [-0.2, -0.15) is 0 Å². The summed E-state index contributed by atoms with van der Waals surface area (Å²) in [7, 11) is -2.97. The second-order valence-electron chi connectivity index (χ2n) is 6.08. The molecule has 2 N–H and O–H groups in total. The van der Waals surface area contributed by atoms with E-state index in [0.29, 0.717) is 6.42 Å². The van der Waals surface area contributed by atoms with Gasteiger partial charge in [0.15, 0.2) is 9.84 Å². The highest BCUT2D eigenvalue weighted by Gasteiger charge is 2.26. The summed E-state index contributed by atoms with van der Waals surface area (Å²) in [5.74, 6) is 0.526. The Bertz CT molecular complexity index is 551. The van der Waals surface area contributed by atoms with Crippen molar-refractivity contribution in [2.75, 3.05) is 5.75 Å². The number of fused-ring (bicyclic) bond motifs is 1. The van der Waals surface area contributed by atoms with Gasteiger partial charge in [0.25, 0.3) is 0 Å². The van der Waals surface area contributed by atoms with E-state index >= 15 is 0 Å². The summed E-state index contributed by atoms with van der Waals surface area (Å²) in [6, 6.07) is 8.27. The van der Waals surface area contributed by atoms with Crippen molar-refractivity contribution in [3.63, 3.8) is 0 Å². The van der Waals surface area contributed by atoms with Crippen molar-refractivity contribution >= 4 is 9.84 Å². The van der Waals surface area contributed by atoms with Crippen molar-refractivity contribution in [3.05, 3.63) is 35.4 Å². The minimum Gasteiger partial charge on any atom is -0.324 e. The molecule has 2 atom stereocenters. The van der Waals surface area contributed by atoms with E-state index in [-0.39, 0.29) is 23.0 Å². The molecule has 0 aliphatic heterocycles. The van der Waals surface area contributed by atoms with Gasteiger partial charge in [-0.15, -0.1) is 0 Å². The first-order chi connectivity index (χ1) is 9.42. The highest BCUT2D eigenvalue weighted by atomic mass is 32.2. The molecule has 0 saturated heterocycles. The number of rotatable bonds is 4. The van der Waals surface area contributed by atoms with Crippen LogP contribution in [-0.4, -0.2) is 19.4 Å². The third kappa shape index (κ3) is 3.41. The fourth-order valence-corrected chi connectivity index (χ4v) is 4.05. The van der Waals surface area contributed by atoms with Crippen LogP contribution in [0.15, 0.2) is 24.3 Å². The van der Waals surface area contributed by atoms with Crippen molar-refractivity contribution in [1.82, 2.24) is 0 Å². The molecular formula is C16H25NO2S. The fraction of sp³-hybridized carbons (Fsp3) is 0.625. The average Bonchev–Trinajstić information content (AvgIpc) is 2.57. The number of aryl methyl sites for hydroxylation is 1.